The molecule has 1 aromatic heterocycles. The average molecular weight is 447 g/mol. The molecule has 2 N–H and O–H groups in total. The summed E-state index contributed by atoms with van der Waals surface area (Å²) in [6.07, 6.45) is -0.604. The third kappa shape index (κ3) is 5.61. The van der Waals surface area contributed by atoms with E-state index >= 15 is 0 Å². The molecule has 0 aliphatic rings. The fraction of sp³-hybridized carbons (Fsp3) is 0.286. The standard InChI is InChI=1S/C21H23ClN4O3S/c1-13-10-17-18(11-14(13)2)30-19(24-17)25-21(28)29-9-8-26(3)20(27)23-12-15-6-4-5-7-16(15)22/h4-7,10-11H,8-9,12H2,1-3H3,(H,23,27)(H,24,25,28). The van der Waals surface area contributed by atoms with Crippen LogP contribution in [0.4, 0.5) is 14.7 Å². The Kier molecular flexibility index (Phi) is 7.12. The molecular formula is C21H23ClN4O3S. The first-order valence-corrected chi connectivity index (χ1v) is 10.6. The van der Waals surface area contributed by atoms with Gasteiger partial charge in [0.15, 0.2) is 5.13 Å². The van der Waals surface area contributed by atoms with Gasteiger partial charge in [0, 0.05) is 18.6 Å². The molecule has 0 aliphatic heterocycles. The van der Waals surface area contributed by atoms with Crippen LogP contribution < -0.4 is 10.6 Å². The number of fused-ring (bicyclic) bond motifs is 1. The van der Waals surface area contributed by atoms with Crippen molar-refractivity contribution < 1.29 is 14.3 Å². The molecule has 7 nitrogen and oxygen atoms in total. The lowest BCUT2D eigenvalue weighted by molar-refractivity contribution is 0.146. The van der Waals surface area contributed by atoms with E-state index in [-0.39, 0.29) is 19.2 Å². The van der Waals surface area contributed by atoms with E-state index in [0.29, 0.717) is 16.7 Å². The molecule has 3 rings (SSSR count). The highest BCUT2D eigenvalue weighted by molar-refractivity contribution is 7.22. The van der Waals surface area contributed by atoms with E-state index in [1.54, 1.807) is 13.1 Å². The number of hydrogen-bond acceptors (Lipinski definition) is 5. The van der Waals surface area contributed by atoms with Crippen LogP contribution in [-0.4, -0.2) is 42.2 Å². The number of aryl methyl sites for hydroxylation is 2. The number of ether oxygens (including phenoxy) is 1. The normalized spacial score (nSPS) is 10.7. The van der Waals surface area contributed by atoms with Gasteiger partial charge in [-0.1, -0.05) is 41.1 Å². The smallest absolute Gasteiger partial charge is 0.413 e. The van der Waals surface area contributed by atoms with Crippen LogP contribution >= 0.6 is 22.9 Å². The molecule has 0 aliphatic carbocycles. The molecule has 9 heteroatoms. The molecule has 0 spiro atoms. The number of urea groups is 1. The second-order valence-corrected chi connectivity index (χ2v) is 8.29. The number of nitrogens with one attached hydrogen (secondary N) is 2. The van der Waals surface area contributed by atoms with Crippen LogP contribution in [0.2, 0.25) is 5.02 Å². The number of rotatable bonds is 6. The lowest BCUT2D eigenvalue weighted by atomic mass is 10.1. The van der Waals surface area contributed by atoms with Crippen LogP contribution in [0.3, 0.4) is 0 Å². The van der Waals surface area contributed by atoms with Crippen LogP contribution in [0.15, 0.2) is 36.4 Å². The monoisotopic (exact) mass is 446 g/mol. The van der Waals surface area contributed by atoms with Gasteiger partial charge in [0.05, 0.1) is 16.8 Å². The van der Waals surface area contributed by atoms with E-state index in [1.807, 2.05) is 38.1 Å². The van der Waals surface area contributed by atoms with Crippen LogP contribution in [0.5, 0.6) is 0 Å². The van der Waals surface area contributed by atoms with E-state index in [9.17, 15) is 9.59 Å². The summed E-state index contributed by atoms with van der Waals surface area (Å²) in [7, 11) is 1.63. The minimum atomic E-state index is -0.604. The summed E-state index contributed by atoms with van der Waals surface area (Å²) in [6.45, 7) is 4.69. The molecule has 0 bridgehead atoms. The van der Waals surface area contributed by atoms with Crippen molar-refractivity contribution in [3.05, 3.63) is 58.1 Å². The van der Waals surface area contributed by atoms with E-state index in [0.717, 1.165) is 21.3 Å². The fourth-order valence-corrected chi connectivity index (χ4v) is 3.82. The number of anilines is 1. The summed E-state index contributed by atoms with van der Waals surface area (Å²) in [6, 6.07) is 11.1. The lowest BCUT2D eigenvalue weighted by Gasteiger charge is -2.18. The molecular weight excluding hydrogens is 424 g/mol. The molecule has 3 aromatic rings. The minimum absolute atomic E-state index is 0.0605. The van der Waals surface area contributed by atoms with Gasteiger partial charge in [-0.25, -0.2) is 14.6 Å². The number of likely N-dealkylation sites (N-methyl/N-ethyl adjacent to an activating group) is 1. The van der Waals surface area contributed by atoms with Gasteiger partial charge in [-0.05, 0) is 48.7 Å². The SMILES string of the molecule is Cc1cc2nc(NC(=O)OCCN(C)C(=O)NCc3ccccc3Cl)sc2cc1C. The number of benzene rings is 2. The van der Waals surface area contributed by atoms with Crippen LogP contribution in [-0.2, 0) is 11.3 Å². The van der Waals surface area contributed by atoms with Crippen molar-refractivity contribution in [1.82, 2.24) is 15.2 Å². The molecule has 0 atom stereocenters. The topological polar surface area (TPSA) is 83.6 Å². The van der Waals surface area contributed by atoms with E-state index < -0.39 is 6.09 Å². The number of thiazole rings is 1. The third-order valence-corrected chi connectivity index (χ3v) is 5.91. The van der Waals surface area contributed by atoms with Crippen molar-refractivity contribution >= 4 is 50.4 Å². The van der Waals surface area contributed by atoms with Gasteiger partial charge in [-0.2, -0.15) is 0 Å². The maximum atomic E-state index is 12.2. The van der Waals surface area contributed by atoms with Crippen LogP contribution in [0.1, 0.15) is 16.7 Å². The molecule has 0 saturated carbocycles. The second-order valence-electron chi connectivity index (χ2n) is 6.86. The van der Waals surface area contributed by atoms with Gasteiger partial charge in [0.1, 0.15) is 6.61 Å². The van der Waals surface area contributed by atoms with Gasteiger partial charge in [0.2, 0.25) is 0 Å². The molecule has 0 unspecified atom stereocenters. The van der Waals surface area contributed by atoms with Crippen molar-refractivity contribution in [3.8, 4) is 0 Å². The molecule has 0 radical (unpaired) electrons. The number of halogens is 1. The quantitative estimate of drug-likeness (QED) is 0.560. The van der Waals surface area contributed by atoms with Crippen LogP contribution in [0, 0.1) is 13.8 Å². The average Bonchev–Trinajstić information content (AvgIpc) is 3.08. The third-order valence-electron chi connectivity index (χ3n) is 4.61. The molecule has 3 amide bonds. The highest BCUT2D eigenvalue weighted by atomic mass is 35.5. The summed E-state index contributed by atoms with van der Waals surface area (Å²) < 4.78 is 6.17. The number of hydrogen-bond donors (Lipinski definition) is 2. The van der Waals surface area contributed by atoms with Gasteiger partial charge < -0.3 is 15.0 Å². The van der Waals surface area contributed by atoms with E-state index in [2.05, 4.69) is 21.7 Å². The lowest BCUT2D eigenvalue weighted by Crippen LogP contribution is -2.39. The highest BCUT2D eigenvalue weighted by Crippen LogP contribution is 2.28. The van der Waals surface area contributed by atoms with E-state index in [1.165, 1.54) is 21.8 Å². The van der Waals surface area contributed by atoms with Crippen molar-refractivity contribution in [2.75, 3.05) is 25.5 Å². The Hall–Kier alpha value is -2.84. The molecule has 30 heavy (non-hydrogen) atoms. The molecule has 1 heterocycles. The van der Waals surface area contributed by atoms with Crippen molar-refractivity contribution in [2.45, 2.75) is 20.4 Å². The Morgan fingerprint density at radius 2 is 1.93 bits per heavy atom. The predicted octanol–water partition coefficient (Wildman–Crippen LogP) is 4.96. The van der Waals surface area contributed by atoms with Gasteiger partial charge in [-0.15, -0.1) is 0 Å². The number of amides is 3. The van der Waals surface area contributed by atoms with Crippen molar-refractivity contribution in [3.63, 3.8) is 0 Å². The fourth-order valence-electron chi connectivity index (χ4n) is 2.68. The summed E-state index contributed by atoms with van der Waals surface area (Å²) in [5, 5.41) is 6.49. The molecule has 158 valence electrons. The Labute approximate surface area is 184 Å². The van der Waals surface area contributed by atoms with Crippen molar-refractivity contribution in [2.24, 2.45) is 0 Å². The molecule has 2 aromatic carbocycles. The first-order chi connectivity index (χ1) is 14.3. The number of aromatic nitrogens is 1. The molecule has 0 saturated heterocycles. The maximum absolute atomic E-state index is 12.2. The Balaban J connectivity index is 1.42. The maximum Gasteiger partial charge on any atom is 0.413 e. The highest BCUT2D eigenvalue weighted by Gasteiger charge is 2.12. The first kappa shape index (κ1) is 21.9. The Morgan fingerprint density at radius 3 is 2.70 bits per heavy atom. The summed E-state index contributed by atoms with van der Waals surface area (Å²) in [5.74, 6) is 0. The predicted molar refractivity (Wildman–Crippen MR) is 120 cm³/mol. The largest absolute Gasteiger partial charge is 0.447 e. The van der Waals surface area contributed by atoms with Gasteiger partial charge in [0.25, 0.3) is 0 Å². The van der Waals surface area contributed by atoms with Gasteiger partial charge >= 0.3 is 12.1 Å². The zero-order valence-corrected chi connectivity index (χ0v) is 18.6. The summed E-state index contributed by atoms with van der Waals surface area (Å²) in [5.41, 5.74) is 4.00. The zero-order valence-electron chi connectivity index (χ0n) is 17.0. The zero-order chi connectivity index (χ0) is 21.7. The second kappa shape index (κ2) is 9.77. The van der Waals surface area contributed by atoms with Crippen molar-refractivity contribution in [1.29, 1.82) is 0 Å². The molecule has 0 fully saturated rings. The van der Waals surface area contributed by atoms with E-state index in [4.69, 9.17) is 16.3 Å². The minimum Gasteiger partial charge on any atom is -0.447 e. The van der Waals surface area contributed by atoms with Crippen LogP contribution in [0.25, 0.3) is 10.2 Å². The first-order valence-electron chi connectivity index (χ1n) is 9.37. The number of carbonyl (C=O) groups is 2. The number of carbonyl (C=O) groups excluding carboxylic acids is 2. The summed E-state index contributed by atoms with van der Waals surface area (Å²) >= 11 is 7.47. The Morgan fingerprint density at radius 1 is 1.20 bits per heavy atom. The number of nitrogens with zero attached hydrogens (tertiary/aromatic N) is 2. The Bertz CT molecular complexity index is 1030. The van der Waals surface area contributed by atoms with Gasteiger partial charge in [-0.3, -0.25) is 5.32 Å². The summed E-state index contributed by atoms with van der Waals surface area (Å²) in [4.78, 5) is 30.0.